The van der Waals surface area contributed by atoms with Gasteiger partial charge < -0.3 is 14.4 Å². The van der Waals surface area contributed by atoms with E-state index in [-0.39, 0.29) is 4.90 Å². The minimum absolute atomic E-state index is 0.116. The summed E-state index contributed by atoms with van der Waals surface area (Å²) in [5.74, 6) is 0.465. The van der Waals surface area contributed by atoms with Gasteiger partial charge in [-0.3, -0.25) is 4.72 Å². The molecule has 0 bridgehead atoms. The molecule has 1 aliphatic heterocycles. The Labute approximate surface area is 152 Å². The smallest absolute Gasteiger partial charge is 0.409 e. The van der Waals surface area contributed by atoms with Crippen molar-refractivity contribution in [1.82, 2.24) is 4.90 Å². The third-order valence-corrected chi connectivity index (χ3v) is 5.63. The summed E-state index contributed by atoms with van der Waals surface area (Å²) in [5.41, 5.74) is 2.43. The van der Waals surface area contributed by atoms with Crippen molar-refractivity contribution in [3.8, 4) is 5.75 Å². The lowest BCUT2D eigenvalue weighted by Crippen LogP contribution is -2.35. The van der Waals surface area contributed by atoms with E-state index >= 15 is 0 Å². The zero-order valence-electron chi connectivity index (χ0n) is 14.6. The number of carbonyl (C=O) groups excluding carboxylic acids is 1. The maximum absolute atomic E-state index is 12.6. The van der Waals surface area contributed by atoms with E-state index in [1.165, 1.54) is 26.4 Å². The van der Waals surface area contributed by atoms with Crippen molar-refractivity contribution >= 4 is 21.8 Å². The maximum atomic E-state index is 12.6. The number of fused-ring (bicyclic) bond motifs is 1. The molecule has 0 radical (unpaired) electrons. The van der Waals surface area contributed by atoms with Gasteiger partial charge in [0.15, 0.2) is 0 Å². The summed E-state index contributed by atoms with van der Waals surface area (Å²) < 4.78 is 37.6. The Morgan fingerprint density at radius 1 is 1.12 bits per heavy atom. The van der Waals surface area contributed by atoms with E-state index in [0.29, 0.717) is 30.9 Å². The Kier molecular flexibility index (Phi) is 5.03. The molecule has 0 aliphatic carbocycles. The van der Waals surface area contributed by atoms with Crippen LogP contribution in [0.1, 0.15) is 11.1 Å². The predicted octanol–water partition coefficient (Wildman–Crippen LogP) is 2.62. The molecule has 26 heavy (non-hydrogen) atoms. The van der Waals surface area contributed by atoms with E-state index in [1.54, 1.807) is 29.2 Å². The van der Waals surface area contributed by atoms with Gasteiger partial charge in [0.1, 0.15) is 5.75 Å². The van der Waals surface area contributed by atoms with Crippen molar-refractivity contribution in [1.29, 1.82) is 0 Å². The van der Waals surface area contributed by atoms with Crippen LogP contribution in [0, 0.1) is 0 Å². The molecule has 0 saturated carbocycles. The van der Waals surface area contributed by atoms with Crippen LogP contribution in [0.2, 0.25) is 0 Å². The standard InChI is InChI=1S/C18H20N2O5S/c1-24-16-4-3-5-17(11-16)26(22,23)19-15-7-6-13-8-9-20(18(21)25-2)12-14(13)10-15/h3-7,10-11,19H,8-9,12H2,1-2H3. The molecule has 2 aromatic rings. The van der Waals surface area contributed by atoms with Gasteiger partial charge in [0.25, 0.3) is 10.0 Å². The summed E-state index contributed by atoms with van der Waals surface area (Å²) in [4.78, 5) is 13.4. The van der Waals surface area contributed by atoms with Gasteiger partial charge in [0.2, 0.25) is 0 Å². The fourth-order valence-electron chi connectivity index (χ4n) is 2.89. The van der Waals surface area contributed by atoms with Crippen LogP contribution < -0.4 is 9.46 Å². The Bertz CT molecular complexity index is 927. The number of amides is 1. The number of benzene rings is 2. The molecule has 0 aromatic heterocycles. The van der Waals surface area contributed by atoms with E-state index in [4.69, 9.17) is 9.47 Å². The van der Waals surface area contributed by atoms with Crippen molar-refractivity contribution in [3.05, 3.63) is 53.6 Å². The minimum atomic E-state index is -3.74. The summed E-state index contributed by atoms with van der Waals surface area (Å²) in [6, 6.07) is 11.6. The Hall–Kier alpha value is -2.74. The van der Waals surface area contributed by atoms with Gasteiger partial charge in [-0.1, -0.05) is 12.1 Å². The fraction of sp³-hybridized carbons (Fsp3) is 0.278. The topological polar surface area (TPSA) is 84.9 Å². The van der Waals surface area contributed by atoms with Crippen molar-refractivity contribution in [2.75, 3.05) is 25.5 Å². The van der Waals surface area contributed by atoms with Crippen LogP contribution in [0.3, 0.4) is 0 Å². The SMILES string of the molecule is COC(=O)N1CCc2ccc(NS(=O)(=O)c3cccc(OC)c3)cc2C1. The second-order valence-electron chi connectivity index (χ2n) is 5.91. The molecule has 3 rings (SSSR count). The highest BCUT2D eigenvalue weighted by molar-refractivity contribution is 7.92. The average Bonchev–Trinajstić information content (AvgIpc) is 2.66. The maximum Gasteiger partial charge on any atom is 0.409 e. The van der Waals surface area contributed by atoms with Crippen LogP contribution in [0.15, 0.2) is 47.4 Å². The molecule has 0 saturated heterocycles. The quantitative estimate of drug-likeness (QED) is 0.887. The van der Waals surface area contributed by atoms with Crippen LogP contribution in [0.4, 0.5) is 10.5 Å². The third-order valence-electron chi connectivity index (χ3n) is 4.26. The van der Waals surface area contributed by atoms with Crippen molar-refractivity contribution in [2.24, 2.45) is 0 Å². The van der Waals surface area contributed by atoms with E-state index in [9.17, 15) is 13.2 Å². The lowest BCUT2D eigenvalue weighted by molar-refractivity contribution is 0.118. The fourth-order valence-corrected chi connectivity index (χ4v) is 3.97. The number of rotatable bonds is 4. The van der Waals surface area contributed by atoms with Crippen LogP contribution in [0.5, 0.6) is 5.75 Å². The van der Waals surface area contributed by atoms with Gasteiger partial charge in [-0.25, -0.2) is 13.2 Å². The van der Waals surface area contributed by atoms with E-state index in [2.05, 4.69) is 4.72 Å². The van der Waals surface area contributed by atoms with Crippen LogP contribution in [-0.4, -0.2) is 40.2 Å². The zero-order chi connectivity index (χ0) is 18.7. The van der Waals surface area contributed by atoms with Crippen LogP contribution >= 0.6 is 0 Å². The first kappa shape index (κ1) is 18.1. The highest BCUT2D eigenvalue weighted by atomic mass is 32.2. The van der Waals surface area contributed by atoms with Crippen molar-refractivity contribution in [3.63, 3.8) is 0 Å². The molecule has 1 aliphatic rings. The minimum Gasteiger partial charge on any atom is -0.497 e. The third kappa shape index (κ3) is 3.75. The molecular formula is C18H20N2O5S. The number of ether oxygens (including phenoxy) is 2. The van der Waals surface area contributed by atoms with Gasteiger partial charge in [0.05, 0.1) is 19.1 Å². The molecule has 7 nitrogen and oxygen atoms in total. The summed E-state index contributed by atoms with van der Waals surface area (Å²) in [5, 5.41) is 0. The molecule has 1 heterocycles. The van der Waals surface area contributed by atoms with E-state index in [1.807, 2.05) is 6.07 Å². The molecular weight excluding hydrogens is 356 g/mol. The first-order valence-electron chi connectivity index (χ1n) is 8.04. The Morgan fingerprint density at radius 2 is 1.92 bits per heavy atom. The number of sulfonamides is 1. The second-order valence-corrected chi connectivity index (χ2v) is 7.59. The van der Waals surface area contributed by atoms with Gasteiger partial charge >= 0.3 is 6.09 Å². The summed E-state index contributed by atoms with van der Waals surface area (Å²) in [7, 11) is -0.917. The lowest BCUT2D eigenvalue weighted by atomic mass is 9.99. The molecule has 1 amide bonds. The van der Waals surface area contributed by atoms with Gasteiger partial charge in [0, 0.05) is 24.8 Å². The largest absolute Gasteiger partial charge is 0.497 e. The van der Waals surface area contributed by atoms with Gasteiger partial charge in [-0.15, -0.1) is 0 Å². The molecule has 0 spiro atoms. The average molecular weight is 376 g/mol. The number of hydrogen-bond donors (Lipinski definition) is 1. The molecule has 1 N–H and O–H groups in total. The Morgan fingerprint density at radius 3 is 2.65 bits per heavy atom. The summed E-state index contributed by atoms with van der Waals surface area (Å²) in [6.07, 6.45) is 0.311. The number of methoxy groups -OCH3 is 2. The van der Waals surface area contributed by atoms with Crippen LogP contribution in [-0.2, 0) is 27.7 Å². The number of anilines is 1. The van der Waals surface area contributed by atoms with E-state index in [0.717, 1.165) is 11.1 Å². The number of nitrogens with zero attached hydrogens (tertiary/aromatic N) is 1. The van der Waals surface area contributed by atoms with Crippen molar-refractivity contribution < 1.29 is 22.7 Å². The number of nitrogens with one attached hydrogen (secondary N) is 1. The highest BCUT2D eigenvalue weighted by Gasteiger charge is 2.22. The van der Waals surface area contributed by atoms with Crippen molar-refractivity contribution in [2.45, 2.75) is 17.9 Å². The predicted molar refractivity (Wildman–Crippen MR) is 96.8 cm³/mol. The van der Waals surface area contributed by atoms with Gasteiger partial charge in [-0.2, -0.15) is 0 Å². The molecule has 0 unspecified atom stereocenters. The first-order chi connectivity index (χ1) is 12.4. The monoisotopic (exact) mass is 376 g/mol. The van der Waals surface area contributed by atoms with E-state index < -0.39 is 16.1 Å². The number of carbonyl (C=O) groups is 1. The molecule has 138 valence electrons. The Balaban J connectivity index is 1.83. The molecule has 2 aromatic carbocycles. The zero-order valence-corrected chi connectivity index (χ0v) is 15.4. The van der Waals surface area contributed by atoms with Crippen LogP contribution in [0.25, 0.3) is 0 Å². The summed E-state index contributed by atoms with van der Waals surface area (Å²) >= 11 is 0. The summed E-state index contributed by atoms with van der Waals surface area (Å²) in [6.45, 7) is 0.964. The molecule has 0 atom stereocenters. The highest BCUT2D eigenvalue weighted by Crippen LogP contribution is 2.25. The lowest BCUT2D eigenvalue weighted by Gasteiger charge is -2.28. The molecule has 0 fully saturated rings. The first-order valence-corrected chi connectivity index (χ1v) is 9.53. The van der Waals surface area contributed by atoms with Gasteiger partial charge in [-0.05, 0) is 41.8 Å². The normalized spacial score (nSPS) is 13.7. The molecule has 8 heteroatoms. The second kappa shape index (κ2) is 7.25. The number of hydrogen-bond acceptors (Lipinski definition) is 5.